The molecule has 0 aromatic heterocycles. The van der Waals surface area contributed by atoms with Crippen LogP contribution in [0.15, 0.2) is 85.1 Å². The van der Waals surface area contributed by atoms with E-state index >= 15 is 0 Å². The molecule has 0 spiro atoms. The van der Waals surface area contributed by atoms with Gasteiger partial charge in [-0.1, -0.05) is 72.3 Å². The van der Waals surface area contributed by atoms with Crippen LogP contribution in [0.2, 0.25) is 5.02 Å². The molecule has 0 saturated heterocycles. The Hall–Kier alpha value is -3.81. The second-order valence-electron chi connectivity index (χ2n) is 9.10. The van der Waals surface area contributed by atoms with Crippen LogP contribution in [0, 0.1) is 0 Å². The SMILES string of the molecule is CC=CN[C@H](Cc1ccc(OCC)cc1)C(=O)N[C@@H](Cc1ccccc1)C(=O)NCc1ccc(CN)c(Cl)c1. The highest BCUT2D eigenvalue weighted by atomic mass is 35.5. The van der Waals surface area contributed by atoms with E-state index < -0.39 is 12.1 Å². The number of nitrogens with two attached hydrogens (primary N) is 1. The predicted octanol–water partition coefficient (Wildman–Crippen LogP) is 4.28. The maximum atomic E-state index is 13.5. The van der Waals surface area contributed by atoms with Crippen molar-refractivity contribution in [2.45, 2.75) is 51.9 Å². The van der Waals surface area contributed by atoms with Crippen LogP contribution in [-0.2, 0) is 35.5 Å². The maximum Gasteiger partial charge on any atom is 0.243 e. The molecule has 7 nitrogen and oxygen atoms in total. The number of hydrogen-bond acceptors (Lipinski definition) is 5. The molecule has 0 saturated carbocycles. The predicted molar refractivity (Wildman–Crippen MR) is 156 cm³/mol. The summed E-state index contributed by atoms with van der Waals surface area (Å²) in [7, 11) is 0. The van der Waals surface area contributed by atoms with Gasteiger partial charge in [0.15, 0.2) is 0 Å². The summed E-state index contributed by atoms with van der Waals surface area (Å²) in [5, 5.41) is 9.65. The Bertz CT molecular complexity index is 1230. The van der Waals surface area contributed by atoms with Gasteiger partial charge in [-0.25, -0.2) is 0 Å². The van der Waals surface area contributed by atoms with Gasteiger partial charge in [0.25, 0.3) is 0 Å². The van der Waals surface area contributed by atoms with Crippen LogP contribution in [0.3, 0.4) is 0 Å². The Labute approximate surface area is 235 Å². The third-order valence-electron chi connectivity index (χ3n) is 6.17. The first kappa shape index (κ1) is 29.7. The van der Waals surface area contributed by atoms with E-state index in [1.807, 2.05) is 86.7 Å². The van der Waals surface area contributed by atoms with Gasteiger partial charge in [-0.15, -0.1) is 0 Å². The Kier molecular flexibility index (Phi) is 11.9. The first-order chi connectivity index (χ1) is 18.9. The smallest absolute Gasteiger partial charge is 0.243 e. The molecule has 0 heterocycles. The highest BCUT2D eigenvalue weighted by Crippen LogP contribution is 2.18. The van der Waals surface area contributed by atoms with Crippen LogP contribution in [0.5, 0.6) is 5.75 Å². The monoisotopic (exact) mass is 548 g/mol. The van der Waals surface area contributed by atoms with Crippen molar-refractivity contribution >= 4 is 23.4 Å². The molecule has 0 radical (unpaired) electrons. The molecule has 0 unspecified atom stereocenters. The molecule has 3 aromatic carbocycles. The van der Waals surface area contributed by atoms with E-state index in [0.717, 1.165) is 28.0 Å². The van der Waals surface area contributed by atoms with E-state index in [4.69, 9.17) is 22.1 Å². The van der Waals surface area contributed by atoms with E-state index in [2.05, 4.69) is 16.0 Å². The first-order valence-corrected chi connectivity index (χ1v) is 13.5. The third kappa shape index (κ3) is 9.46. The third-order valence-corrected chi connectivity index (χ3v) is 6.53. The number of allylic oxidation sites excluding steroid dienone is 1. The van der Waals surface area contributed by atoms with Gasteiger partial charge in [-0.3, -0.25) is 9.59 Å². The average molecular weight is 549 g/mol. The van der Waals surface area contributed by atoms with Crippen LogP contribution < -0.4 is 26.4 Å². The van der Waals surface area contributed by atoms with Crippen LogP contribution in [0.25, 0.3) is 0 Å². The summed E-state index contributed by atoms with van der Waals surface area (Å²) in [5.74, 6) is 0.229. The van der Waals surface area contributed by atoms with Gasteiger partial charge < -0.3 is 26.4 Å². The number of nitrogens with one attached hydrogen (secondary N) is 3. The van der Waals surface area contributed by atoms with Crippen LogP contribution >= 0.6 is 11.6 Å². The topological polar surface area (TPSA) is 105 Å². The minimum Gasteiger partial charge on any atom is -0.494 e. The number of hydrogen-bond donors (Lipinski definition) is 4. The van der Waals surface area contributed by atoms with Gasteiger partial charge >= 0.3 is 0 Å². The molecule has 8 heteroatoms. The Morgan fingerprint density at radius 1 is 0.923 bits per heavy atom. The highest BCUT2D eigenvalue weighted by molar-refractivity contribution is 6.31. The molecule has 2 amide bonds. The number of carbonyl (C=O) groups excluding carboxylic acids is 2. The van der Waals surface area contributed by atoms with Crippen molar-refractivity contribution in [1.82, 2.24) is 16.0 Å². The zero-order valence-electron chi connectivity index (χ0n) is 22.5. The lowest BCUT2D eigenvalue weighted by Crippen LogP contribution is -2.53. The molecule has 3 aromatic rings. The van der Waals surface area contributed by atoms with Crippen molar-refractivity contribution in [2.75, 3.05) is 6.61 Å². The minimum absolute atomic E-state index is 0.270. The van der Waals surface area contributed by atoms with Crippen LogP contribution in [0.1, 0.15) is 36.1 Å². The van der Waals surface area contributed by atoms with Gasteiger partial charge in [-0.2, -0.15) is 0 Å². The van der Waals surface area contributed by atoms with Crippen molar-refractivity contribution in [2.24, 2.45) is 5.73 Å². The maximum absolute atomic E-state index is 13.5. The van der Waals surface area contributed by atoms with Gasteiger partial charge in [0.05, 0.1) is 6.61 Å². The molecule has 3 rings (SSSR count). The van der Waals surface area contributed by atoms with Gasteiger partial charge in [0.2, 0.25) is 11.8 Å². The minimum atomic E-state index is -0.770. The molecule has 0 aliphatic carbocycles. The number of rotatable bonds is 14. The van der Waals surface area contributed by atoms with Crippen LogP contribution in [0.4, 0.5) is 0 Å². The Morgan fingerprint density at radius 2 is 1.59 bits per heavy atom. The molecular weight excluding hydrogens is 512 g/mol. The van der Waals surface area contributed by atoms with Gasteiger partial charge in [-0.05, 0) is 60.5 Å². The molecule has 5 N–H and O–H groups in total. The molecule has 39 heavy (non-hydrogen) atoms. The molecule has 0 aliphatic rings. The van der Waals surface area contributed by atoms with Gasteiger partial charge in [0, 0.05) is 31.0 Å². The normalized spacial score (nSPS) is 12.5. The zero-order valence-corrected chi connectivity index (χ0v) is 23.2. The molecule has 0 bridgehead atoms. The first-order valence-electron chi connectivity index (χ1n) is 13.1. The molecular formula is C31H37ClN4O3. The number of benzene rings is 3. The largest absolute Gasteiger partial charge is 0.494 e. The number of halogens is 1. The molecule has 206 valence electrons. The van der Waals surface area contributed by atoms with Crippen molar-refractivity contribution in [1.29, 1.82) is 0 Å². The summed E-state index contributed by atoms with van der Waals surface area (Å²) in [4.78, 5) is 26.8. The van der Waals surface area contributed by atoms with Crippen molar-refractivity contribution in [3.05, 3.63) is 112 Å². The van der Waals surface area contributed by atoms with E-state index in [1.54, 1.807) is 12.3 Å². The number of amides is 2. The second kappa shape index (κ2) is 15.6. The number of carbonyl (C=O) groups is 2. The zero-order chi connectivity index (χ0) is 28.0. The summed E-state index contributed by atoms with van der Waals surface area (Å²) in [6.07, 6.45) is 4.35. The highest BCUT2D eigenvalue weighted by Gasteiger charge is 2.26. The van der Waals surface area contributed by atoms with Crippen molar-refractivity contribution < 1.29 is 14.3 Å². The summed E-state index contributed by atoms with van der Waals surface area (Å²) in [6, 6.07) is 21.5. The lowest BCUT2D eigenvalue weighted by molar-refractivity contribution is -0.130. The second-order valence-corrected chi connectivity index (χ2v) is 9.51. The molecule has 0 aliphatic heterocycles. The summed E-state index contributed by atoms with van der Waals surface area (Å²) in [6.45, 7) is 5.01. The fourth-order valence-electron chi connectivity index (χ4n) is 4.07. The summed E-state index contributed by atoms with van der Waals surface area (Å²) in [5.41, 5.74) is 9.29. The van der Waals surface area contributed by atoms with E-state index in [1.165, 1.54) is 0 Å². The fourth-order valence-corrected chi connectivity index (χ4v) is 4.35. The van der Waals surface area contributed by atoms with Crippen molar-refractivity contribution in [3.63, 3.8) is 0 Å². The lowest BCUT2D eigenvalue weighted by atomic mass is 10.0. The van der Waals surface area contributed by atoms with Crippen LogP contribution in [-0.4, -0.2) is 30.5 Å². The number of ether oxygens (including phenoxy) is 1. The van der Waals surface area contributed by atoms with E-state index in [9.17, 15) is 9.59 Å². The fraction of sp³-hybridized carbons (Fsp3) is 0.290. The average Bonchev–Trinajstić information content (AvgIpc) is 2.95. The van der Waals surface area contributed by atoms with E-state index in [-0.39, 0.29) is 18.4 Å². The lowest BCUT2D eigenvalue weighted by Gasteiger charge is -2.23. The standard InChI is InChI=1S/C31H37ClN4O3/c1-3-16-34-28(18-23-11-14-26(15-12-23)39-4-2)31(38)36-29(19-22-8-6-5-7-9-22)30(37)35-21-24-10-13-25(20-33)27(32)17-24/h3,5-17,28-29,34H,4,18-21,33H2,1-2H3,(H,35,37)(H,36,38)/t28-,29+/m1/s1. The quantitative estimate of drug-likeness (QED) is 0.241. The summed E-state index contributed by atoms with van der Waals surface area (Å²) >= 11 is 6.28. The summed E-state index contributed by atoms with van der Waals surface area (Å²) < 4.78 is 5.52. The Morgan fingerprint density at radius 3 is 2.23 bits per heavy atom. The molecule has 0 fully saturated rings. The van der Waals surface area contributed by atoms with Crippen molar-refractivity contribution in [3.8, 4) is 5.75 Å². The molecule has 2 atom stereocenters. The van der Waals surface area contributed by atoms with Gasteiger partial charge in [0.1, 0.15) is 17.8 Å². The Balaban J connectivity index is 1.74. The van der Waals surface area contributed by atoms with E-state index in [0.29, 0.717) is 31.0 Å².